The zero-order chi connectivity index (χ0) is 15.8. The van der Waals surface area contributed by atoms with Gasteiger partial charge in [0.15, 0.2) is 5.60 Å². The first-order chi connectivity index (χ1) is 9.72. The van der Waals surface area contributed by atoms with Gasteiger partial charge in [-0.25, -0.2) is 8.78 Å². The van der Waals surface area contributed by atoms with Gasteiger partial charge in [0, 0.05) is 11.1 Å². The molecule has 0 saturated carbocycles. The number of carbonyl (C=O) groups is 1. The smallest absolute Gasteiger partial charge is 0.416 e. The van der Waals surface area contributed by atoms with Crippen molar-refractivity contribution < 1.29 is 31.5 Å². The summed E-state index contributed by atoms with van der Waals surface area (Å²) in [5.74, 6) is -0.196. The van der Waals surface area contributed by atoms with Crippen LogP contribution in [0, 0.1) is 0 Å². The minimum absolute atomic E-state index is 0.192. The Balaban J connectivity index is 2.62. The van der Waals surface area contributed by atoms with Crippen molar-refractivity contribution in [1.29, 1.82) is 0 Å². The first-order valence-electron chi connectivity index (χ1n) is 5.71. The molecule has 0 bridgehead atoms. The molecule has 1 aromatic carbocycles. The predicted molar refractivity (Wildman–Crippen MR) is 68.7 cm³/mol. The maximum Gasteiger partial charge on any atom is 0.416 e. The Morgan fingerprint density at radius 2 is 1.86 bits per heavy atom. The number of fused-ring (bicyclic) bond motifs is 1. The number of hydrogen-bond acceptors (Lipinski definition) is 2. The molecule has 0 saturated heterocycles. The van der Waals surface area contributed by atoms with Gasteiger partial charge in [0.2, 0.25) is 5.12 Å². The number of alkyl halides is 5. The van der Waals surface area contributed by atoms with Crippen molar-refractivity contribution in [3.8, 4) is 5.75 Å². The lowest BCUT2D eigenvalue weighted by molar-refractivity contribution is -0.137. The van der Waals surface area contributed by atoms with Crippen molar-refractivity contribution in [3.63, 3.8) is 0 Å². The lowest BCUT2D eigenvalue weighted by atomic mass is 9.93. The highest BCUT2D eigenvalue weighted by atomic mass is 32.1. The molecule has 0 spiro atoms. The van der Waals surface area contributed by atoms with Crippen molar-refractivity contribution in [1.82, 2.24) is 0 Å². The van der Waals surface area contributed by atoms with E-state index in [1.807, 2.05) is 0 Å². The quantitative estimate of drug-likeness (QED) is 0.679. The highest BCUT2D eigenvalue weighted by Gasteiger charge is 2.39. The predicted octanol–water partition coefficient (Wildman–Crippen LogP) is 3.62. The Kier molecular flexibility index (Phi) is 4.01. The highest BCUT2D eigenvalue weighted by Crippen LogP contribution is 2.41. The van der Waals surface area contributed by atoms with E-state index in [0.29, 0.717) is 12.1 Å². The molecule has 0 fully saturated rings. The van der Waals surface area contributed by atoms with E-state index in [1.165, 1.54) is 0 Å². The minimum atomic E-state index is -4.62. The van der Waals surface area contributed by atoms with Crippen LogP contribution in [0.1, 0.15) is 11.1 Å². The number of carbonyl (C=O) groups excluding carboxylic acids is 1. The molecular formula is C13H9F5O2S. The fraction of sp³-hybridized carbons (Fsp3) is 0.308. The zero-order valence-corrected chi connectivity index (χ0v) is 11.3. The summed E-state index contributed by atoms with van der Waals surface area (Å²) in [5, 5.41) is -0.898. The number of thiol groups is 1. The van der Waals surface area contributed by atoms with Crippen LogP contribution < -0.4 is 4.74 Å². The molecule has 1 aliphatic heterocycles. The van der Waals surface area contributed by atoms with Gasteiger partial charge in [0.25, 0.3) is 0 Å². The summed E-state index contributed by atoms with van der Waals surface area (Å²) >= 11 is 3.54. The van der Waals surface area contributed by atoms with Crippen molar-refractivity contribution in [3.05, 3.63) is 35.4 Å². The lowest BCUT2D eigenvalue weighted by Gasteiger charge is -2.32. The molecule has 8 heteroatoms. The number of ether oxygens (including phenoxy) is 1. The highest BCUT2D eigenvalue weighted by molar-refractivity contribution is 7.98. The molecule has 0 atom stereocenters. The summed E-state index contributed by atoms with van der Waals surface area (Å²) < 4.78 is 69.2. The second-order valence-electron chi connectivity index (χ2n) is 4.51. The van der Waals surface area contributed by atoms with Crippen LogP contribution in [0.5, 0.6) is 5.75 Å². The third-order valence-corrected chi connectivity index (χ3v) is 3.24. The molecule has 0 aliphatic carbocycles. The van der Waals surface area contributed by atoms with Crippen LogP contribution in [0.15, 0.2) is 24.3 Å². The standard InChI is InChI=1S/C13H9F5O2S/c14-5-12(6-15)4-9(11(19)21)8-3-7(13(16,17)18)1-2-10(8)20-12/h1-4H,5-6H2,(H,19,21). The Hall–Kier alpha value is -1.57. The summed E-state index contributed by atoms with van der Waals surface area (Å²) in [6.07, 6.45) is -3.78. The van der Waals surface area contributed by atoms with Gasteiger partial charge in [-0.15, -0.1) is 12.6 Å². The van der Waals surface area contributed by atoms with E-state index in [1.54, 1.807) is 0 Å². The summed E-state index contributed by atoms with van der Waals surface area (Å²) in [4.78, 5) is 11.5. The Labute approximate surface area is 122 Å². The maximum absolute atomic E-state index is 13.0. The number of benzene rings is 1. The van der Waals surface area contributed by atoms with Gasteiger partial charge in [0.05, 0.1) is 5.56 Å². The van der Waals surface area contributed by atoms with Crippen molar-refractivity contribution in [2.24, 2.45) is 0 Å². The van der Waals surface area contributed by atoms with Gasteiger partial charge < -0.3 is 4.74 Å². The van der Waals surface area contributed by atoms with E-state index in [2.05, 4.69) is 12.6 Å². The topological polar surface area (TPSA) is 26.3 Å². The molecule has 1 aliphatic rings. The summed E-state index contributed by atoms with van der Waals surface area (Å²) in [6, 6.07) is 2.34. The molecule has 114 valence electrons. The van der Waals surface area contributed by atoms with Gasteiger partial charge in [-0.3, -0.25) is 4.79 Å². The summed E-state index contributed by atoms with van der Waals surface area (Å²) in [6.45, 7) is -2.54. The Morgan fingerprint density at radius 1 is 1.24 bits per heavy atom. The van der Waals surface area contributed by atoms with Crippen LogP contribution >= 0.6 is 12.6 Å². The molecule has 0 radical (unpaired) electrons. The Bertz CT molecular complexity index is 605. The SMILES string of the molecule is O=C(S)C1=CC(CF)(CF)Oc2ccc(C(F)(F)F)cc21. The average molecular weight is 324 g/mol. The second kappa shape index (κ2) is 5.32. The van der Waals surface area contributed by atoms with Crippen LogP contribution in [0.2, 0.25) is 0 Å². The molecule has 21 heavy (non-hydrogen) atoms. The van der Waals surface area contributed by atoms with Crippen LogP contribution in [-0.2, 0) is 11.0 Å². The maximum atomic E-state index is 13.0. The zero-order valence-electron chi connectivity index (χ0n) is 10.4. The molecular weight excluding hydrogens is 315 g/mol. The first-order valence-corrected chi connectivity index (χ1v) is 6.16. The fourth-order valence-electron chi connectivity index (χ4n) is 1.94. The normalized spacial score (nSPS) is 16.8. The number of hydrogen-bond donors (Lipinski definition) is 1. The molecule has 1 aromatic rings. The van der Waals surface area contributed by atoms with Crippen LogP contribution in [0.25, 0.3) is 5.57 Å². The van der Waals surface area contributed by atoms with E-state index in [9.17, 15) is 26.7 Å². The first kappa shape index (κ1) is 15.8. The van der Waals surface area contributed by atoms with Crippen LogP contribution in [0.3, 0.4) is 0 Å². The molecule has 2 rings (SSSR count). The minimum Gasteiger partial charge on any atom is -0.477 e. The second-order valence-corrected chi connectivity index (χ2v) is 4.91. The van der Waals surface area contributed by atoms with Gasteiger partial charge in [-0.1, -0.05) is 0 Å². The van der Waals surface area contributed by atoms with Gasteiger partial charge in [0.1, 0.15) is 19.1 Å². The van der Waals surface area contributed by atoms with E-state index >= 15 is 0 Å². The van der Waals surface area contributed by atoms with Gasteiger partial charge >= 0.3 is 6.18 Å². The molecule has 0 amide bonds. The third-order valence-electron chi connectivity index (χ3n) is 3.00. The van der Waals surface area contributed by atoms with E-state index in [4.69, 9.17) is 4.74 Å². The summed E-state index contributed by atoms with van der Waals surface area (Å²) in [7, 11) is 0. The molecule has 2 nitrogen and oxygen atoms in total. The molecule has 0 N–H and O–H groups in total. The number of halogens is 5. The van der Waals surface area contributed by atoms with E-state index in [-0.39, 0.29) is 16.9 Å². The molecule has 0 aromatic heterocycles. The van der Waals surface area contributed by atoms with E-state index in [0.717, 1.165) is 12.1 Å². The fourth-order valence-corrected chi connectivity index (χ4v) is 2.12. The lowest BCUT2D eigenvalue weighted by Crippen LogP contribution is -2.41. The van der Waals surface area contributed by atoms with E-state index < -0.39 is 35.8 Å². The summed E-state index contributed by atoms with van der Waals surface area (Å²) in [5.41, 5.74) is -3.53. The largest absolute Gasteiger partial charge is 0.477 e. The molecule has 0 unspecified atom stereocenters. The van der Waals surface area contributed by atoms with Crippen molar-refractivity contribution in [2.45, 2.75) is 11.8 Å². The van der Waals surface area contributed by atoms with Gasteiger partial charge in [-0.05, 0) is 24.3 Å². The average Bonchev–Trinajstić information content (AvgIpc) is 2.44. The Morgan fingerprint density at radius 3 is 2.33 bits per heavy atom. The van der Waals surface area contributed by atoms with Crippen LogP contribution in [-0.4, -0.2) is 24.1 Å². The monoisotopic (exact) mass is 324 g/mol. The van der Waals surface area contributed by atoms with Crippen LogP contribution in [0.4, 0.5) is 22.0 Å². The van der Waals surface area contributed by atoms with Crippen molar-refractivity contribution >= 4 is 23.3 Å². The van der Waals surface area contributed by atoms with Gasteiger partial charge in [-0.2, -0.15) is 13.2 Å². The van der Waals surface area contributed by atoms with Crippen molar-refractivity contribution in [2.75, 3.05) is 13.3 Å². The molecule has 1 heterocycles. The number of rotatable bonds is 3. The third kappa shape index (κ3) is 2.90.